The highest BCUT2D eigenvalue weighted by Crippen LogP contribution is 2.16. The van der Waals surface area contributed by atoms with E-state index in [4.69, 9.17) is 4.74 Å². The number of hydrogen-bond donors (Lipinski definition) is 1. The molecule has 236 valence electrons. The number of unbranched alkanes of at least 4 members (excludes halogenated alkanes) is 23. The van der Waals surface area contributed by atoms with Crippen molar-refractivity contribution in [3.63, 3.8) is 0 Å². The minimum atomic E-state index is -0.881. The van der Waals surface area contributed by atoms with Crippen LogP contribution < -0.4 is 0 Å². The summed E-state index contributed by atoms with van der Waals surface area (Å²) >= 11 is 0. The first-order valence-electron chi connectivity index (χ1n) is 17.7. The Morgan fingerprint density at radius 3 is 1.35 bits per heavy atom. The monoisotopic (exact) mass is 565 g/mol. The molecule has 0 aliphatic carbocycles. The largest absolute Gasteiger partial charge is 0.481 e. The van der Waals surface area contributed by atoms with Gasteiger partial charge in [0.1, 0.15) is 6.10 Å². The lowest BCUT2D eigenvalue weighted by molar-refractivity contribution is -0.153. The second-order valence-corrected chi connectivity index (χ2v) is 12.1. The van der Waals surface area contributed by atoms with Gasteiger partial charge in [-0.05, 0) is 44.9 Å². The van der Waals surface area contributed by atoms with Crippen LogP contribution in [0.3, 0.4) is 0 Å². The third kappa shape index (κ3) is 31.2. The molecule has 0 aliphatic rings. The van der Waals surface area contributed by atoms with Gasteiger partial charge < -0.3 is 9.84 Å². The highest BCUT2D eigenvalue weighted by molar-refractivity contribution is 5.71. The number of allylic oxidation sites excluding steroid dienone is 2. The molecule has 0 aromatic carbocycles. The summed E-state index contributed by atoms with van der Waals surface area (Å²) in [4.78, 5) is 23.4. The summed E-state index contributed by atoms with van der Waals surface area (Å²) in [5.41, 5.74) is 0. The first-order valence-corrected chi connectivity index (χ1v) is 17.7. The molecule has 4 heteroatoms. The standard InChI is InChI=1S/C36H68O4/c1-3-5-7-9-11-13-14-15-16-17-18-19-20-21-22-23-24-26-28-30-32-36(39)40-34(33-35(37)38)31-29-27-25-12-10-8-6-4-2/h15-16,34H,3-14,17-33H2,1-2H3,(H,37,38)/b16-15-. The van der Waals surface area contributed by atoms with Crippen molar-refractivity contribution in [1.82, 2.24) is 0 Å². The van der Waals surface area contributed by atoms with Gasteiger partial charge in [0.15, 0.2) is 0 Å². The molecule has 0 fully saturated rings. The van der Waals surface area contributed by atoms with Gasteiger partial charge in [-0.2, -0.15) is 0 Å². The normalized spacial score (nSPS) is 12.2. The molecule has 0 aromatic rings. The summed E-state index contributed by atoms with van der Waals surface area (Å²) < 4.78 is 5.54. The molecule has 0 aliphatic heterocycles. The number of carbonyl (C=O) groups is 2. The molecular weight excluding hydrogens is 496 g/mol. The van der Waals surface area contributed by atoms with Gasteiger partial charge in [-0.1, -0.05) is 154 Å². The zero-order chi connectivity index (χ0) is 29.4. The van der Waals surface area contributed by atoms with Gasteiger partial charge in [0, 0.05) is 6.42 Å². The summed E-state index contributed by atoms with van der Waals surface area (Å²) in [6, 6.07) is 0. The highest BCUT2D eigenvalue weighted by atomic mass is 16.5. The molecular formula is C36H68O4. The molecule has 0 radical (unpaired) electrons. The van der Waals surface area contributed by atoms with Crippen LogP contribution in [0.25, 0.3) is 0 Å². The predicted molar refractivity (Wildman–Crippen MR) is 172 cm³/mol. The summed E-state index contributed by atoms with van der Waals surface area (Å²) in [7, 11) is 0. The Labute approximate surface area is 249 Å². The van der Waals surface area contributed by atoms with Gasteiger partial charge in [-0.15, -0.1) is 0 Å². The van der Waals surface area contributed by atoms with Crippen molar-refractivity contribution in [3.05, 3.63) is 12.2 Å². The van der Waals surface area contributed by atoms with Crippen LogP contribution in [0, 0.1) is 0 Å². The van der Waals surface area contributed by atoms with Gasteiger partial charge in [0.2, 0.25) is 0 Å². The Morgan fingerprint density at radius 2 is 0.925 bits per heavy atom. The van der Waals surface area contributed by atoms with E-state index in [1.54, 1.807) is 0 Å². The number of rotatable bonds is 32. The Bertz CT molecular complexity index is 571. The highest BCUT2D eigenvalue weighted by Gasteiger charge is 2.17. The maximum absolute atomic E-state index is 12.2. The lowest BCUT2D eigenvalue weighted by Crippen LogP contribution is -2.21. The van der Waals surface area contributed by atoms with Crippen LogP contribution in [0.2, 0.25) is 0 Å². The fraction of sp³-hybridized carbons (Fsp3) is 0.889. The first kappa shape index (κ1) is 38.7. The van der Waals surface area contributed by atoms with Gasteiger partial charge in [-0.25, -0.2) is 0 Å². The summed E-state index contributed by atoms with van der Waals surface area (Å²) in [5.74, 6) is -1.10. The minimum absolute atomic E-state index is 0.0712. The summed E-state index contributed by atoms with van der Waals surface area (Å²) in [6.45, 7) is 4.50. The lowest BCUT2D eigenvalue weighted by Gasteiger charge is -2.16. The van der Waals surface area contributed by atoms with Crippen molar-refractivity contribution in [2.45, 2.75) is 206 Å². The van der Waals surface area contributed by atoms with Crippen LogP contribution in [0.4, 0.5) is 0 Å². The Kier molecular flexibility index (Phi) is 31.1. The van der Waals surface area contributed by atoms with E-state index < -0.39 is 12.1 Å². The first-order chi connectivity index (χ1) is 19.6. The van der Waals surface area contributed by atoms with E-state index in [0.29, 0.717) is 12.8 Å². The lowest BCUT2D eigenvalue weighted by atomic mass is 10.0. The summed E-state index contributed by atoms with van der Waals surface area (Å²) in [6.07, 6.45) is 38.1. The second kappa shape index (κ2) is 32.2. The maximum Gasteiger partial charge on any atom is 0.307 e. The van der Waals surface area contributed by atoms with E-state index in [1.807, 2.05) is 0 Å². The Balaban J connectivity index is 3.56. The van der Waals surface area contributed by atoms with Gasteiger partial charge >= 0.3 is 11.9 Å². The average Bonchev–Trinajstić information content (AvgIpc) is 2.93. The molecule has 0 saturated carbocycles. The molecule has 0 saturated heterocycles. The molecule has 0 bridgehead atoms. The Morgan fingerprint density at radius 1 is 0.550 bits per heavy atom. The van der Waals surface area contributed by atoms with Crippen LogP contribution in [0.5, 0.6) is 0 Å². The predicted octanol–water partition coefficient (Wildman–Crippen LogP) is 11.9. The number of aliphatic carboxylic acids is 1. The quantitative estimate of drug-likeness (QED) is 0.0501. The zero-order valence-corrected chi connectivity index (χ0v) is 26.9. The number of carbonyl (C=O) groups excluding carboxylic acids is 1. The molecule has 1 atom stereocenters. The molecule has 4 nitrogen and oxygen atoms in total. The third-order valence-corrected chi connectivity index (χ3v) is 7.97. The van der Waals surface area contributed by atoms with Crippen molar-refractivity contribution in [2.75, 3.05) is 0 Å². The van der Waals surface area contributed by atoms with Crippen LogP contribution >= 0.6 is 0 Å². The topological polar surface area (TPSA) is 63.6 Å². The smallest absolute Gasteiger partial charge is 0.307 e. The zero-order valence-electron chi connectivity index (χ0n) is 26.9. The maximum atomic E-state index is 12.2. The van der Waals surface area contributed by atoms with Crippen molar-refractivity contribution in [3.8, 4) is 0 Å². The minimum Gasteiger partial charge on any atom is -0.481 e. The summed E-state index contributed by atoms with van der Waals surface area (Å²) in [5, 5.41) is 9.18. The second-order valence-electron chi connectivity index (χ2n) is 12.1. The average molecular weight is 565 g/mol. The van der Waals surface area contributed by atoms with E-state index in [9.17, 15) is 14.7 Å². The Hall–Kier alpha value is -1.32. The van der Waals surface area contributed by atoms with Gasteiger partial charge in [0.05, 0.1) is 6.42 Å². The molecule has 40 heavy (non-hydrogen) atoms. The van der Waals surface area contributed by atoms with Crippen molar-refractivity contribution < 1.29 is 19.4 Å². The number of hydrogen-bond acceptors (Lipinski definition) is 3. The van der Waals surface area contributed by atoms with Gasteiger partial charge in [-0.3, -0.25) is 9.59 Å². The third-order valence-electron chi connectivity index (χ3n) is 7.97. The van der Waals surface area contributed by atoms with Crippen LogP contribution in [-0.2, 0) is 14.3 Å². The van der Waals surface area contributed by atoms with E-state index in [1.165, 1.54) is 141 Å². The number of carboxylic acids is 1. The molecule has 1 N–H and O–H groups in total. The number of carboxylic acid groups (broad SMARTS) is 1. The molecule has 0 spiro atoms. The molecule has 0 amide bonds. The van der Waals surface area contributed by atoms with E-state index >= 15 is 0 Å². The SMILES string of the molecule is CCCCCCCC/C=C\CCCCCCCCCCCCC(=O)OC(CCCCCCCCCC)CC(=O)O. The molecule has 1 unspecified atom stereocenters. The van der Waals surface area contributed by atoms with Crippen molar-refractivity contribution in [2.24, 2.45) is 0 Å². The molecule has 0 aromatic heterocycles. The van der Waals surface area contributed by atoms with Crippen molar-refractivity contribution >= 4 is 11.9 Å². The van der Waals surface area contributed by atoms with Crippen molar-refractivity contribution in [1.29, 1.82) is 0 Å². The van der Waals surface area contributed by atoms with Gasteiger partial charge in [0.25, 0.3) is 0 Å². The van der Waals surface area contributed by atoms with Crippen LogP contribution in [0.15, 0.2) is 12.2 Å². The number of ether oxygens (including phenoxy) is 1. The number of esters is 1. The fourth-order valence-corrected chi connectivity index (χ4v) is 5.37. The molecule has 0 heterocycles. The van der Waals surface area contributed by atoms with Crippen LogP contribution in [0.1, 0.15) is 200 Å². The van der Waals surface area contributed by atoms with E-state index in [2.05, 4.69) is 26.0 Å². The van der Waals surface area contributed by atoms with E-state index in [0.717, 1.165) is 25.7 Å². The van der Waals surface area contributed by atoms with E-state index in [-0.39, 0.29) is 12.4 Å². The molecule has 0 rings (SSSR count). The fourth-order valence-electron chi connectivity index (χ4n) is 5.37. The van der Waals surface area contributed by atoms with Crippen LogP contribution in [-0.4, -0.2) is 23.1 Å².